The number of rotatable bonds is 10. The molecule has 11 heteroatoms. The van der Waals surface area contributed by atoms with Crippen LogP contribution in [0.4, 0.5) is 5.95 Å². The van der Waals surface area contributed by atoms with Gasteiger partial charge in [-0.25, -0.2) is 4.98 Å². The Morgan fingerprint density at radius 3 is 2.66 bits per heavy atom. The summed E-state index contributed by atoms with van der Waals surface area (Å²) < 4.78 is 3.70. The summed E-state index contributed by atoms with van der Waals surface area (Å²) in [7, 11) is 5.93. The SMILES string of the molecule is Bc1cc(C(=O)NCCn2cc(CCCCCc3c[nH]c(N)n3)nn2)n(C)c1B. The molecular weight excluding hydrogens is 366 g/mol. The highest BCUT2D eigenvalue weighted by Crippen LogP contribution is 2.08. The van der Waals surface area contributed by atoms with Gasteiger partial charge in [-0.2, -0.15) is 0 Å². The molecular formula is C18H28B2N8O. The molecule has 0 fully saturated rings. The highest BCUT2D eigenvalue weighted by atomic mass is 16.1. The van der Waals surface area contributed by atoms with Crippen molar-refractivity contribution >= 4 is 38.6 Å². The quantitative estimate of drug-likeness (QED) is 0.267. The molecule has 3 rings (SSSR count). The van der Waals surface area contributed by atoms with Gasteiger partial charge in [0, 0.05) is 26.0 Å². The van der Waals surface area contributed by atoms with Crippen LogP contribution < -0.4 is 22.1 Å². The van der Waals surface area contributed by atoms with E-state index >= 15 is 0 Å². The van der Waals surface area contributed by atoms with Crippen molar-refractivity contribution in [3.8, 4) is 0 Å². The summed E-state index contributed by atoms with van der Waals surface area (Å²) in [5, 5.41) is 11.3. The number of hydrogen-bond acceptors (Lipinski definition) is 5. The maximum Gasteiger partial charge on any atom is 0.267 e. The zero-order valence-electron chi connectivity index (χ0n) is 17.4. The fourth-order valence-corrected chi connectivity index (χ4v) is 3.30. The third-order valence-corrected chi connectivity index (χ3v) is 5.25. The van der Waals surface area contributed by atoms with E-state index in [0.29, 0.717) is 24.7 Å². The van der Waals surface area contributed by atoms with Crippen LogP contribution in [-0.4, -0.2) is 57.7 Å². The first-order valence-electron chi connectivity index (χ1n) is 10.0. The molecule has 0 saturated heterocycles. The number of amides is 1. The number of imidazole rings is 1. The number of hydrogen-bond donors (Lipinski definition) is 3. The van der Waals surface area contributed by atoms with Crippen molar-refractivity contribution in [3.63, 3.8) is 0 Å². The summed E-state index contributed by atoms with van der Waals surface area (Å²) in [6.45, 7) is 1.11. The number of anilines is 1. The summed E-state index contributed by atoms with van der Waals surface area (Å²) in [5.41, 5.74) is 10.5. The largest absolute Gasteiger partial charge is 0.369 e. The average molecular weight is 394 g/mol. The third-order valence-electron chi connectivity index (χ3n) is 5.25. The maximum absolute atomic E-state index is 12.3. The molecule has 29 heavy (non-hydrogen) atoms. The van der Waals surface area contributed by atoms with E-state index in [9.17, 15) is 4.79 Å². The fourth-order valence-electron chi connectivity index (χ4n) is 3.30. The Morgan fingerprint density at radius 2 is 2.00 bits per heavy atom. The summed E-state index contributed by atoms with van der Waals surface area (Å²) >= 11 is 0. The van der Waals surface area contributed by atoms with E-state index in [1.807, 2.05) is 45.8 Å². The molecule has 0 spiro atoms. The van der Waals surface area contributed by atoms with Gasteiger partial charge in [0.1, 0.15) is 13.5 Å². The summed E-state index contributed by atoms with van der Waals surface area (Å²) in [6, 6.07) is 1.92. The number of nitrogens with one attached hydrogen (secondary N) is 2. The number of aryl methyl sites for hydroxylation is 2. The Morgan fingerprint density at radius 1 is 1.24 bits per heavy atom. The molecule has 0 atom stereocenters. The van der Waals surface area contributed by atoms with Crippen LogP contribution in [0, 0.1) is 0 Å². The molecule has 0 radical (unpaired) electrons. The second-order valence-corrected chi connectivity index (χ2v) is 7.42. The van der Waals surface area contributed by atoms with E-state index in [1.165, 1.54) is 0 Å². The minimum atomic E-state index is -0.0669. The van der Waals surface area contributed by atoms with Gasteiger partial charge in [-0.15, -0.1) is 5.10 Å². The first-order chi connectivity index (χ1) is 13.9. The second-order valence-electron chi connectivity index (χ2n) is 7.42. The molecule has 0 unspecified atom stereocenters. The van der Waals surface area contributed by atoms with Gasteiger partial charge in [-0.05, 0) is 37.3 Å². The van der Waals surface area contributed by atoms with E-state index in [1.54, 1.807) is 4.68 Å². The monoisotopic (exact) mass is 394 g/mol. The number of aromatic nitrogens is 6. The van der Waals surface area contributed by atoms with Crippen LogP contribution in [0.5, 0.6) is 0 Å². The van der Waals surface area contributed by atoms with Crippen LogP contribution in [0.2, 0.25) is 0 Å². The maximum atomic E-state index is 12.3. The van der Waals surface area contributed by atoms with Crippen molar-refractivity contribution in [2.24, 2.45) is 7.05 Å². The Bertz CT molecular complexity index is 961. The molecule has 0 aliphatic rings. The van der Waals surface area contributed by atoms with Crippen molar-refractivity contribution in [1.82, 2.24) is 34.8 Å². The number of carbonyl (C=O) groups excluding carboxylic acids is 1. The van der Waals surface area contributed by atoms with E-state index in [-0.39, 0.29) is 5.91 Å². The van der Waals surface area contributed by atoms with Crippen molar-refractivity contribution in [2.45, 2.75) is 38.6 Å². The lowest BCUT2D eigenvalue weighted by atomic mass is 9.87. The molecule has 0 aliphatic carbocycles. The number of aromatic amines is 1. The minimum Gasteiger partial charge on any atom is -0.369 e. The van der Waals surface area contributed by atoms with Crippen LogP contribution in [0.15, 0.2) is 18.5 Å². The molecule has 3 aromatic heterocycles. The van der Waals surface area contributed by atoms with E-state index in [2.05, 4.69) is 25.6 Å². The van der Waals surface area contributed by atoms with Crippen LogP contribution in [0.3, 0.4) is 0 Å². The van der Waals surface area contributed by atoms with Crippen LogP contribution in [0.1, 0.15) is 41.1 Å². The Hall–Kier alpha value is -2.97. The molecule has 0 saturated carbocycles. The fraction of sp³-hybridized carbons (Fsp3) is 0.444. The lowest BCUT2D eigenvalue weighted by molar-refractivity contribution is 0.0944. The number of nitrogens with two attached hydrogens (primary N) is 1. The van der Waals surface area contributed by atoms with Crippen molar-refractivity contribution < 1.29 is 4.79 Å². The lowest BCUT2D eigenvalue weighted by Gasteiger charge is -2.07. The molecule has 152 valence electrons. The van der Waals surface area contributed by atoms with E-state index < -0.39 is 0 Å². The van der Waals surface area contributed by atoms with Crippen molar-refractivity contribution in [3.05, 3.63) is 35.5 Å². The average Bonchev–Trinajstić information content (AvgIpc) is 3.38. The number of unbranched alkanes of at least 4 members (excludes halogenated alkanes) is 2. The molecule has 9 nitrogen and oxygen atoms in total. The summed E-state index contributed by atoms with van der Waals surface area (Å²) in [6.07, 6.45) is 8.88. The van der Waals surface area contributed by atoms with Crippen molar-refractivity contribution in [2.75, 3.05) is 12.3 Å². The molecule has 0 aliphatic heterocycles. The minimum absolute atomic E-state index is 0.0669. The van der Waals surface area contributed by atoms with Gasteiger partial charge in [0.15, 0.2) is 13.8 Å². The molecule has 0 bridgehead atoms. The Balaban J connectivity index is 1.34. The highest BCUT2D eigenvalue weighted by molar-refractivity contribution is 6.48. The summed E-state index contributed by atoms with van der Waals surface area (Å²) in [5.74, 6) is 0.407. The first-order valence-corrected chi connectivity index (χ1v) is 10.0. The van der Waals surface area contributed by atoms with Gasteiger partial charge < -0.3 is 20.6 Å². The Labute approximate surface area is 172 Å². The lowest BCUT2D eigenvalue weighted by Crippen LogP contribution is -2.31. The zero-order chi connectivity index (χ0) is 20.8. The standard InChI is InChI=1S/C18H28B2N8O/c1-27-15(9-14(19)16(27)20)17(29)22-7-8-28-11-13(25-26-28)6-4-2-3-5-12-10-23-18(21)24-12/h9-11H,2-8,19-20H2,1H3,(H,22,29)(H3,21,23,24). The van der Waals surface area contributed by atoms with Gasteiger partial charge in [-0.1, -0.05) is 17.1 Å². The van der Waals surface area contributed by atoms with Crippen LogP contribution >= 0.6 is 0 Å². The first kappa shape index (κ1) is 20.8. The number of nitrogen functional groups attached to an aromatic ring is 1. The van der Waals surface area contributed by atoms with Crippen LogP contribution in [0.25, 0.3) is 0 Å². The second kappa shape index (κ2) is 9.49. The van der Waals surface area contributed by atoms with Gasteiger partial charge in [-0.3, -0.25) is 9.48 Å². The van der Waals surface area contributed by atoms with E-state index in [0.717, 1.165) is 54.5 Å². The van der Waals surface area contributed by atoms with E-state index in [4.69, 9.17) is 5.73 Å². The molecule has 0 aromatic carbocycles. The predicted molar refractivity (Wildman–Crippen MR) is 118 cm³/mol. The molecule has 1 amide bonds. The molecule has 3 aromatic rings. The zero-order valence-corrected chi connectivity index (χ0v) is 17.4. The van der Waals surface area contributed by atoms with Gasteiger partial charge in [0.05, 0.1) is 17.9 Å². The smallest absolute Gasteiger partial charge is 0.267 e. The van der Waals surface area contributed by atoms with Gasteiger partial charge >= 0.3 is 0 Å². The molecule has 3 heterocycles. The number of H-pyrrole nitrogens is 1. The van der Waals surface area contributed by atoms with Gasteiger partial charge in [0.2, 0.25) is 0 Å². The van der Waals surface area contributed by atoms with Gasteiger partial charge in [0.25, 0.3) is 5.91 Å². The van der Waals surface area contributed by atoms with Crippen LogP contribution in [-0.2, 0) is 26.4 Å². The third kappa shape index (κ3) is 5.52. The topological polar surface area (TPSA) is 119 Å². The Kier molecular flexibility index (Phi) is 6.79. The summed E-state index contributed by atoms with van der Waals surface area (Å²) in [4.78, 5) is 19.4. The number of carbonyl (C=O) groups is 1. The normalized spacial score (nSPS) is 11.1. The predicted octanol–water partition coefficient (Wildman–Crippen LogP) is -2.18. The number of nitrogens with zero attached hydrogens (tertiary/aromatic N) is 5. The van der Waals surface area contributed by atoms with Crippen molar-refractivity contribution in [1.29, 1.82) is 0 Å². The molecule has 4 N–H and O–H groups in total. The highest BCUT2D eigenvalue weighted by Gasteiger charge is 2.12.